The fourth-order valence-corrected chi connectivity index (χ4v) is 0.952. The van der Waals surface area contributed by atoms with Gasteiger partial charge < -0.3 is 4.98 Å². The molecule has 1 unspecified atom stereocenters. The van der Waals surface area contributed by atoms with Crippen LogP contribution in [0.3, 0.4) is 0 Å². The molecule has 0 radical (unpaired) electrons. The zero-order chi connectivity index (χ0) is 10.8. The van der Waals surface area contributed by atoms with Crippen molar-refractivity contribution in [2.24, 2.45) is 11.3 Å². The van der Waals surface area contributed by atoms with Crippen molar-refractivity contribution >= 4 is 11.9 Å². The van der Waals surface area contributed by atoms with Gasteiger partial charge in [0, 0.05) is 18.3 Å². The third-order valence-electron chi connectivity index (χ3n) is 2.43. The molecule has 1 aromatic rings. The Kier molecular flexibility index (Phi) is 2.93. The van der Waals surface area contributed by atoms with Crippen molar-refractivity contribution in [2.45, 2.75) is 27.7 Å². The molecule has 4 nitrogen and oxygen atoms in total. The number of hydrogen-bond acceptors (Lipinski definition) is 2. The van der Waals surface area contributed by atoms with Gasteiger partial charge in [-0.25, -0.2) is 4.98 Å². The fourth-order valence-electron chi connectivity index (χ4n) is 0.952. The Morgan fingerprint density at radius 2 is 2.21 bits per heavy atom. The summed E-state index contributed by atoms with van der Waals surface area (Å²) < 4.78 is 0. The van der Waals surface area contributed by atoms with Gasteiger partial charge >= 0.3 is 0 Å². The SMILES string of the molecule is CC(C(=O)Nc1ncc[nH]1)C(C)(C)C. The van der Waals surface area contributed by atoms with Crippen LogP contribution < -0.4 is 5.32 Å². The van der Waals surface area contributed by atoms with Crippen molar-refractivity contribution in [2.75, 3.05) is 5.32 Å². The Balaban J connectivity index is 2.59. The largest absolute Gasteiger partial charge is 0.331 e. The molecule has 0 saturated heterocycles. The van der Waals surface area contributed by atoms with Crippen LogP contribution in [0.25, 0.3) is 0 Å². The first-order valence-electron chi connectivity index (χ1n) is 4.71. The van der Waals surface area contributed by atoms with Crippen molar-refractivity contribution in [1.82, 2.24) is 9.97 Å². The number of aromatic nitrogens is 2. The second kappa shape index (κ2) is 3.82. The lowest BCUT2D eigenvalue weighted by Crippen LogP contribution is -2.31. The highest BCUT2D eigenvalue weighted by atomic mass is 16.2. The summed E-state index contributed by atoms with van der Waals surface area (Å²) in [5.74, 6) is 0.450. The van der Waals surface area contributed by atoms with Crippen LogP contribution in [0.5, 0.6) is 0 Å². The van der Waals surface area contributed by atoms with E-state index in [9.17, 15) is 4.79 Å². The van der Waals surface area contributed by atoms with Crippen molar-refractivity contribution in [3.05, 3.63) is 12.4 Å². The van der Waals surface area contributed by atoms with E-state index < -0.39 is 0 Å². The van der Waals surface area contributed by atoms with E-state index in [4.69, 9.17) is 0 Å². The zero-order valence-electron chi connectivity index (χ0n) is 9.09. The van der Waals surface area contributed by atoms with Crippen molar-refractivity contribution in [3.8, 4) is 0 Å². The molecule has 1 aromatic heterocycles. The van der Waals surface area contributed by atoms with E-state index in [-0.39, 0.29) is 17.2 Å². The summed E-state index contributed by atoms with van der Waals surface area (Å²) >= 11 is 0. The molecule has 1 rings (SSSR count). The quantitative estimate of drug-likeness (QED) is 0.758. The van der Waals surface area contributed by atoms with Gasteiger partial charge in [0.05, 0.1) is 0 Å². The molecule has 0 spiro atoms. The van der Waals surface area contributed by atoms with Crippen LogP contribution in [0.1, 0.15) is 27.7 Å². The Morgan fingerprint density at radius 3 is 2.64 bits per heavy atom. The average molecular weight is 195 g/mol. The first-order valence-corrected chi connectivity index (χ1v) is 4.71. The Bertz CT molecular complexity index is 298. The minimum atomic E-state index is -0.0485. The van der Waals surface area contributed by atoms with Gasteiger partial charge in [-0.15, -0.1) is 0 Å². The third-order valence-corrected chi connectivity index (χ3v) is 2.43. The van der Waals surface area contributed by atoms with Gasteiger partial charge in [-0.05, 0) is 5.41 Å². The number of imidazole rings is 1. The van der Waals surface area contributed by atoms with Gasteiger partial charge in [0.25, 0.3) is 0 Å². The molecule has 0 saturated carbocycles. The summed E-state index contributed by atoms with van der Waals surface area (Å²) in [5, 5.41) is 2.72. The number of H-pyrrole nitrogens is 1. The number of hydrogen-bond donors (Lipinski definition) is 2. The van der Waals surface area contributed by atoms with Crippen LogP contribution in [-0.2, 0) is 4.79 Å². The van der Waals surface area contributed by atoms with E-state index in [2.05, 4.69) is 15.3 Å². The Hall–Kier alpha value is -1.32. The predicted octanol–water partition coefficient (Wildman–Crippen LogP) is 2.03. The second-order valence-corrected chi connectivity index (χ2v) is 4.51. The maximum Gasteiger partial charge on any atom is 0.230 e. The van der Waals surface area contributed by atoms with E-state index in [0.29, 0.717) is 5.95 Å². The first-order chi connectivity index (χ1) is 6.41. The van der Waals surface area contributed by atoms with Crippen molar-refractivity contribution < 1.29 is 4.79 Å². The number of nitrogens with one attached hydrogen (secondary N) is 2. The smallest absolute Gasteiger partial charge is 0.230 e. The average Bonchev–Trinajstić information content (AvgIpc) is 2.53. The topological polar surface area (TPSA) is 57.8 Å². The van der Waals surface area contributed by atoms with E-state index in [1.54, 1.807) is 12.4 Å². The Morgan fingerprint density at radius 1 is 1.57 bits per heavy atom. The van der Waals surface area contributed by atoms with Gasteiger partial charge in [-0.1, -0.05) is 27.7 Å². The Labute approximate surface area is 84.1 Å². The molecule has 0 aliphatic carbocycles. The summed E-state index contributed by atoms with van der Waals surface area (Å²) in [6.45, 7) is 8.04. The van der Waals surface area contributed by atoms with Crippen LogP contribution in [0.4, 0.5) is 5.95 Å². The zero-order valence-corrected chi connectivity index (χ0v) is 9.09. The predicted molar refractivity (Wildman–Crippen MR) is 55.8 cm³/mol. The minimum Gasteiger partial charge on any atom is -0.331 e. The number of anilines is 1. The first kappa shape index (κ1) is 10.8. The van der Waals surface area contributed by atoms with E-state index in [0.717, 1.165) is 0 Å². The number of carbonyl (C=O) groups is 1. The molecule has 4 heteroatoms. The maximum absolute atomic E-state index is 11.7. The molecular formula is C10H17N3O. The third kappa shape index (κ3) is 2.58. The lowest BCUT2D eigenvalue weighted by atomic mass is 9.81. The van der Waals surface area contributed by atoms with Gasteiger partial charge in [0.1, 0.15) is 0 Å². The number of carbonyl (C=O) groups excluding carboxylic acids is 1. The molecule has 0 aromatic carbocycles. The van der Waals surface area contributed by atoms with Gasteiger partial charge in [0.2, 0.25) is 11.9 Å². The van der Waals surface area contributed by atoms with Crippen LogP contribution in [-0.4, -0.2) is 15.9 Å². The molecular weight excluding hydrogens is 178 g/mol. The normalized spacial score (nSPS) is 13.7. The van der Waals surface area contributed by atoms with Crippen LogP contribution in [0.2, 0.25) is 0 Å². The number of rotatable bonds is 2. The minimum absolute atomic E-state index is 0.00699. The summed E-state index contributed by atoms with van der Waals surface area (Å²) in [4.78, 5) is 18.5. The number of aromatic amines is 1. The summed E-state index contributed by atoms with van der Waals surface area (Å²) in [5.41, 5.74) is -0.0311. The lowest BCUT2D eigenvalue weighted by molar-refractivity contribution is -0.122. The number of amides is 1. The van der Waals surface area contributed by atoms with Gasteiger partial charge in [-0.2, -0.15) is 0 Å². The molecule has 0 aliphatic heterocycles. The molecule has 0 fully saturated rings. The summed E-state index contributed by atoms with van der Waals surface area (Å²) in [6.07, 6.45) is 3.29. The van der Waals surface area contributed by atoms with Crippen LogP contribution in [0.15, 0.2) is 12.4 Å². The standard InChI is InChI=1S/C10H17N3O/c1-7(10(2,3)4)8(14)13-9-11-5-6-12-9/h5-7H,1-4H3,(H2,11,12,13,14). The highest BCUT2D eigenvalue weighted by Crippen LogP contribution is 2.25. The van der Waals surface area contributed by atoms with E-state index in [1.165, 1.54) is 0 Å². The monoisotopic (exact) mass is 195 g/mol. The lowest BCUT2D eigenvalue weighted by Gasteiger charge is -2.25. The molecule has 2 N–H and O–H groups in total. The molecule has 1 heterocycles. The van der Waals surface area contributed by atoms with Gasteiger partial charge in [-0.3, -0.25) is 10.1 Å². The molecule has 0 bridgehead atoms. The fraction of sp³-hybridized carbons (Fsp3) is 0.600. The highest BCUT2D eigenvalue weighted by molar-refractivity contribution is 5.91. The number of nitrogens with zero attached hydrogens (tertiary/aromatic N) is 1. The maximum atomic E-state index is 11.7. The molecule has 1 atom stereocenters. The molecule has 0 aliphatic rings. The van der Waals surface area contributed by atoms with E-state index in [1.807, 2.05) is 27.7 Å². The highest BCUT2D eigenvalue weighted by Gasteiger charge is 2.26. The van der Waals surface area contributed by atoms with Crippen molar-refractivity contribution in [1.29, 1.82) is 0 Å². The molecule has 14 heavy (non-hydrogen) atoms. The molecule has 78 valence electrons. The van der Waals surface area contributed by atoms with Crippen molar-refractivity contribution in [3.63, 3.8) is 0 Å². The molecule has 1 amide bonds. The van der Waals surface area contributed by atoms with Crippen LogP contribution in [0, 0.1) is 11.3 Å². The van der Waals surface area contributed by atoms with Gasteiger partial charge in [0.15, 0.2) is 0 Å². The second-order valence-electron chi connectivity index (χ2n) is 4.51. The summed E-state index contributed by atoms with van der Waals surface area (Å²) in [6, 6.07) is 0. The summed E-state index contributed by atoms with van der Waals surface area (Å²) in [7, 11) is 0. The van der Waals surface area contributed by atoms with Crippen LogP contribution >= 0.6 is 0 Å². The van der Waals surface area contributed by atoms with E-state index >= 15 is 0 Å².